The Morgan fingerprint density at radius 3 is 1.00 bits per heavy atom. The van der Waals surface area contributed by atoms with Crippen molar-refractivity contribution in [2.45, 2.75) is 195 Å². The Kier molecular flexibility index (Phi) is 19.7. The van der Waals surface area contributed by atoms with Crippen molar-refractivity contribution in [2.75, 3.05) is 0 Å². The van der Waals surface area contributed by atoms with Gasteiger partial charge in [0.25, 0.3) is 0 Å². The lowest BCUT2D eigenvalue weighted by atomic mass is 10.1. The molecular formula is C34H64N6. The minimum absolute atomic E-state index is 0.843. The van der Waals surface area contributed by atoms with Gasteiger partial charge in [0.15, 0.2) is 11.6 Å². The van der Waals surface area contributed by atoms with Crippen LogP contribution < -0.4 is 0 Å². The van der Waals surface area contributed by atoms with E-state index in [9.17, 15) is 0 Å². The predicted octanol–water partition coefficient (Wildman–Crippen LogP) is 9.62. The zero-order valence-corrected chi connectivity index (χ0v) is 27.1. The molecule has 6 heteroatoms. The third-order valence-electron chi connectivity index (χ3n) is 8.12. The zero-order chi connectivity index (χ0) is 28.7. The molecule has 0 atom stereocenters. The lowest BCUT2D eigenvalue weighted by Gasteiger charge is -2.09. The Bertz CT molecular complexity index is 784. The summed E-state index contributed by atoms with van der Waals surface area (Å²) < 4.78 is 4.41. The molecule has 2 aromatic rings. The molecule has 2 rings (SSSR count). The summed E-state index contributed by atoms with van der Waals surface area (Å²) in [6.45, 7) is 10.8. The van der Waals surface area contributed by atoms with Crippen LogP contribution in [0.25, 0.3) is 0 Å². The lowest BCUT2D eigenvalue weighted by molar-refractivity contribution is 0.459. The van der Waals surface area contributed by atoms with E-state index < -0.39 is 0 Å². The van der Waals surface area contributed by atoms with Crippen molar-refractivity contribution in [3.8, 4) is 0 Å². The van der Waals surface area contributed by atoms with Crippen molar-refractivity contribution in [3.63, 3.8) is 0 Å². The van der Waals surface area contributed by atoms with Crippen LogP contribution in [0.1, 0.15) is 179 Å². The first-order valence-corrected chi connectivity index (χ1v) is 17.6. The quantitative estimate of drug-likeness (QED) is 0.103. The van der Waals surface area contributed by atoms with Gasteiger partial charge in [0, 0.05) is 25.7 Å². The number of nitrogens with zero attached hydrogens (tertiary/aromatic N) is 6. The van der Waals surface area contributed by atoms with E-state index in [1.165, 1.54) is 140 Å². The molecule has 0 aromatic carbocycles. The van der Waals surface area contributed by atoms with E-state index in [4.69, 9.17) is 20.2 Å². The molecular weight excluding hydrogens is 492 g/mol. The van der Waals surface area contributed by atoms with Crippen LogP contribution in [0, 0.1) is 0 Å². The van der Waals surface area contributed by atoms with Gasteiger partial charge in [0.1, 0.15) is 11.6 Å². The molecule has 0 saturated heterocycles. The molecule has 0 unspecified atom stereocenters. The maximum Gasteiger partial charge on any atom is 0.150 e. The molecule has 0 bridgehead atoms. The van der Waals surface area contributed by atoms with Gasteiger partial charge in [-0.1, -0.05) is 130 Å². The molecule has 0 aliphatic rings. The van der Waals surface area contributed by atoms with Gasteiger partial charge in [-0.15, -0.1) is 0 Å². The fraction of sp³-hybridized carbons (Fsp3) is 0.882. The standard InChI is InChI=1S/C34H64N6/c1-5-9-13-17-21-25-31-35-33(27-23-19-15-11-7-3)39(37-31)29-30-40-34(28-24-20-16-12-8-4)36-32(38-40)26-22-18-14-10-6-2/h5-30H2,1-4H3. The number of aromatic nitrogens is 6. The summed E-state index contributed by atoms with van der Waals surface area (Å²) >= 11 is 0. The van der Waals surface area contributed by atoms with E-state index in [1.807, 2.05) is 0 Å². The summed E-state index contributed by atoms with van der Waals surface area (Å²) in [6, 6.07) is 0. The molecule has 0 spiro atoms. The fourth-order valence-corrected chi connectivity index (χ4v) is 5.53. The maximum atomic E-state index is 5.04. The topological polar surface area (TPSA) is 61.4 Å². The van der Waals surface area contributed by atoms with Crippen LogP contribution in [0.15, 0.2) is 0 Å². The van der Waals surface area contributed by atoms with Gasteiger partial charge in [-0.2, -0.15) is 10.2 Å². The minimum atomic E-state index is 0.843. The highest BCUT2D eigenvalue weighted by Gasteiger charge is 2.14. The van der Waals surface area contributed by atoms with Gasteiger partial charge in [-0.3, -0.25) is 0 Å². The van der Waals surface area contributed by atoms with Crippen LogP contribution in [0.4, 0.5) is 0 Å². The molecule has 40 heavy (non-hydrogen) atoms. The van der Waals surface area contributed by atoms with Gasteiger partial charge < -0.3 is 0 Å². The second kappa shape index (κ2) is 22.9. The van der Waals surface area contributed by atoms with Crippen LogP contribution in [0.5, 0.6) is 0 Å². The molecule has 0 aliphatic heterocycles. The normalized spacial score (nSPS) is 11.6. The fourth-order valence-electron chi connectivity index (χ4n) is 5.53. The van der Waals surface area contributed by atoms with E-state index in [0.717, 1.165) is 50.4 Å². The third kappa shape index (κ3) is 14.8. The monoisotopic (exact) mass is 557 g/mol. The molecule has 2 aromatic heterocycles. The van der Waals surface area contributed by atoms with E-state index in [-0.39, 0.29) is 0 Å². The number of rotatable bonds is 27. The average Bonchev–Trinajstić information content (AvgIpc) is 3.54. The first kappa shape index (κ1) is 34.5. The summed E-state index contributed by atoms with van der Waals surface area (Å²) in [5.41, 5.74) is 0. The molecule has 230 valence electrons. The minimum Gasteiger partial charge on any atom is -0.248 e. The Balaban J connectivity index is 2.03. The number of hydrogen-bond acceptors (Lipinski definition) is 4. The van der Waals surface area contributed by atoms with Crippen molar-refractivity contribution in [2.24, 2.45) is 0 Å². The SMILES string of the molecule is CCCCCCCc1nc(CCCCCCC)n(CCn2nc(CCCCCCC)nc2CCCCCCC)n1. The first-order valence-electron chi connectivity index (χ1n) is 17.6. The zero-order valence-electron chi connectivity index (χ0n) is 27.1. The smallest absolute Gasteiger partial charge is 0.150 e. The van der Waals surface area contributed by atoms with Crippen molar-refractivity contribution < 1.29 is 0 Å². The Morgan fingerprint density at radius 2 is 0.675 bits per heavy atom. The van der Waals surface area contributed by atoms with Gasteiger partial charge in [0.2, 0.25) is 0 Å². The lowest BCUT2D eigenvalue weighted by Crippen LogP contribution is -2.15. The highest BCUT2D eigenvalue weighted by Crippen LogP contribution is 2.14. The van der Waals surface area contributed by atoms with Crippen LogP contribution in [-0.4, -0.2) is 29.5 Å². The molecule has 0 fully saturated rings. The molecule has 2 heterocycles. The van der Waals surface area contributed by atoms with Gasteiger partial charge >= 0.3 is 0 Å². The molecule has 0 aliphatic carbocycles. The van der Waals surface area contributed by atoms with Crippen LogP contribution in [0.2, 0.25) is 0 Å². The Hall–Kier alpha value is -1.72. The number of unbranched alkanes of at least 4 members (excludes halogenated alkanes) is 16. The van der Waals surface area contributed by atoms with E-state index in [0.29, 0.717) is 0 Å². The third-order valence-corrected chi connectivity index (χ3v) is 8.12. The van der Waals surface area contributed by atoms with Crippen LogP contribution >= 0.6 is 0 Å². The van der Waals surface area contributed by atoms with Crippen LogP contribution in [0.3, 0.4) is 0 Å². The number of hydrogen-bond donors (Lipinski definition) is 0. The Labute approximate surface area is 247 Å². The highest BCUT2D eigenvalue weighted by molar-refractivity contribution is 4.96. The summed E-state index contributed by atoms with van der Waals surface area (Å²) in [5.74, 6) is 4.44. The molecule has 6 nitrogen and oxygen atoms in total. The van der Waals surface area contributed by atoms with E-state index in [1.54, 1.807) is 0 Å². The van der Waals surface area contributed by atoms with Crippen molar-refractivity contribution >= 4 is 0 Å². The number of aryl methyl sites for hydroxylation is 6. The summed E-state index contributed by atoms with van der Waals surface area (Å²) in [4.78, 5) is 10.1. The first-order chi connectivity index (χ1) is 19.7. The molecule has 0 radical (unpaired) electrons. The van der Waals surface area contributed by atoms with E-state index >= 15 is 0 Å². The largest absolute Gasteiger partial charge is 0.248 e. The molecule has 0 saturated carbocycles. The average molecular weight is 557 g/mol. The van der Waals surface area contributed by atoms with Crippen molar-refractivity contribution in [3.05, 3.63) is 23.3 Å². The predicted molar refractivity (Wildman–Crippen MR) is 170 cm³/mol. The molecule has 0 amide bonds. The van der Waals surface area contributed by atoms with Crippen molar-refractivity contribution in [1.29, 1.82) is 0 Å². The second-order valence-corrected chi connectivity index (χ2v) is 12.0. The van der Waals surface area contributed by atoms with Gasteiger partial charge in [-0.25, -0.2) is 19.3 Å². The summed E-state index contributed by atoms with van der Waals surface area (Å²) in [5, 5.41) is 10.0. The maximum absolute atomic E-state index is 5.04. The summed E-state index contributed by atoms with van der Waals surface area (Å²) in [6.07, 6.45) is 29.9. The van der Waals surface area contributed by atoms with Gasteiger partial charge in [0.05, 0.1) is 13.1 Å². The van der Waals surface area contributed by atoms with Crippen molar-refractivity contribution in [1.82, 2.24) is 29.5 Å². The van der Waals surface area contributed by atoms with Crippen LogP contribution in [-0.2, 0) is 38.8 Å². The Morgan fingerprint density at radius 1 is 0.375 bits per heavy atom. The second-order valence-electron chi connectivity index (χ2n) is 12.0. The highest BCUT2D eigenvalue weighted by atomic mass is 15.4. The van der Waals surface area contributed by atoms with E-state index in [2.05, 4.69) is 37.1 Å². The van der Waals surface area contributed by atoms with Gasteiger partial charge in [-0.05, 0) is 25.7 Å². The summed E-state index contributed by atoms with van der Waals surface area (Å²) in [7, 11) is 0. The molecule has 0 N–H and O–H groups in total.